The number of benzene rings is 1. The first-order valence-electron chi connectivity index (χ1n) is 8.69. The van der Waals surface area contributed by atoms with Crippen LogP contribution in [0.15, 0.2) is 48.8 Å². The molecule has 144 valence electrons. The van der Waals surface area contributed by atoms with E-state index in [2.05, 4.69) is 19.8 Å². The fraction of sp³-hybridized carbons (Fsp3) is 0.200. The Morgan fingerprint density at radius 3 is 2.64 bits per heavy atom. The molecule has 0 saturated carbocycles. The number of hydrogen-bond acceptors (Lipinski definition) is 4. The van der Waals surface area contributed by atoms with E-state index >= 15 is 0 Å². The number of aryl methyl sites for hydroxylation is 2. The van der Waals surface area contributed by atoms with Crippen molar-refractivity contribution >= 4 is 11.7 Å². The summed E-state index contributed by atoms with van der Waals surface area (Å²) in [5, 5.41) is 2.75. The van der Waals surface area contributed by atoms with Gasteiger partial charge in [0.25, 0.3) is 5.91 Å². The Morgan fingerprint density at radius 2 is 1.96 bits per heavy atom. The maximum absolute atomic E-state index is 13.2. The first-order valence-corrected chi connectivity index (χ1v) is 8.69. The van der Waals surface area contributed by atoms with E-state index in [4.69, 9.17) is 0 Å². The summed E-state index contributed by atoms with van der Waals surface area (Å²) in [6.07, 6.45) is -0.259. The molecule has 1 aromatic carbocycles. The summed E-state index contributed by atoms with van der Waals surface area (Å²) >= 11 is 0. The van der Waals surface area contributed by atoms with Crippen LogP contribution in [0.4, 0.5) is 14.6 Å². The van der Waals surface area contributed by atoms with Gasteiger partial charge in [0.1, 0.15) is 11.5 Å². The lowest BCUT2D eigenvalue weighted by Crippen LogP contribution is -2.25. The number of nitrogens with zero attached hydrogens (tertiary/aromatic N) is 2. The number of amides is 1. The molecule has 28 heavy (non-hydrogen) atoms. The highest BCUT2D eigenvalue weighted by Gasteiger charge is 2.43. The molecule has 3 aromatic rings. The maximum Gasteiger partial charge on any atom is 0.586 e. The predicted octanol–water partition coefficient (Wildman–Crippen LogP) is 4.45. The van der Waals surface area contributed by atoms with Crippen molar-refractivity contribution in [3.05, 3.63) is 60.0 Å². The number of ether oxygens (including phenoxy) is 2. The molecule has 3 heterocycles. The molecule has 0 unspecified atom stereocenters. The summed E-state index contributed by atoms with van der Waals surface area (Å²) < 4.78 is 37.3. The number of pyridine rings is 1. The Kier molecular flexibility index (Phi) is 4.26. The van der Waals surface area contributed by atoms with Crippen molar-refractivity contribution in [3.63, 3.8) is 0 Å². The molecular formula is C20H17F2N3O3. The molecule has 0 atom stereocenters. The van der Waals surface area contributed by atoms with Gasteiger partial charge in [0.15, 0.2) is 11.5 Å². The third-order valence-corrected chi connectivity index (χ3v) is 4.47. The molecule has 8 heteroatoms. The van der Waals surface area contributed by atoms with Gasteiger partial charge in [-0.2, -0.15) is 0 Å². The second kappa shape index (κ2) is 6.63. The highest BCUT2D eigenvalue weighted by Crippen LogP contribution is 2.44. The minimum atomic E-state index is -3.66. The Bertz CT molecular complexity index is 1050. The van der Waals surface area contributed by atoms with E-state index in [1.165, 1.54) is 12.1 Å². The minimum Gasteiger partial charge on any atom is -0.395 e. The van der Waals surface area contributed by atoms with Crippen LogP contribution >= 0.6 is 0 Å². The molecular weight excluding hydrogens is 368 g/mol. The summed E-state index contributed by atoms with van der Waals surface area (Å²) in [6.45, 7) is 4.42. The fourth-order valence-electron chi connectivity index (χ4n) is 3.11. The Balaban J connectivity index is 1.55. The van der Waals surface area contributed by atoms with Crippen molar-refractivity contribution in [1.29, 1.82) is 0 Å². The number of halogens is 2. The first-order chi connectivity index (χ1) is 13.4. The number of carbonyl (C=O) groups excluding carboxylic acids is 1. The van der Waals surface area contributed by atoms with E-state index in [0.717, 1.165) is 5.56 Å². The summed E-state index contributed by atoms with van der Waals surface area (Å²) in [7, 11) is 0. The van der Waals surface area contributed by atoms with Crippen molar-refractivity contribution in [3.8, 4) is 22.6 Å². The van der Waals surface area contributed by atoms with Gasteiger partial charge in [-0.25, -0.2) is 4.98 Å². The van der Waals surface area contributed by atoms with E-state index in [1.54, 1.807) is 37.4 Å². The van der Waals surface area contributed by atoms with Crippen LogP contribution in [-0.2, 0) is 6.54 Å². The molecule has 1 N–H and O–H groups in total. The van der Waals surface area contributed by atoms with Crippen molar-refractivity contribution in [2.45, 2.75) is 26.7 Å². The average molecular weight is 385 g/mol. The second-order valence-corrected chi connectivity index (χ2v) is 6.35. The number of aromatic nitrogens is 2. The SMILES string of the molecule is CCn1cccc1C(=O)Nc1ccc(-c2cc3c(cc2C)OC(F)(F)O3)cn1. The molecule has 1 aliphatic rings. The molecule has 2 aromatic heterocycles. The number of nitrogens with one attached hydrogen (secondary N) is 1. The van der Waals surface area contributed by atoms with Crippen LogP contribution in [0, 0.1) is 6.92 Å². The molecule has 6 nitrogen and oxygen atoms in total. The monoisotopic (exact) mass is 385 g/mol. The highest BCUT2D eigenvalue weighted by atomic mass is 19.3. The minimum absolute atomic E-state index is 0.00187. The molecule has 1 aliphatic heterocycles. The number of rotatable bonds is 4. The normalized spacial score (nSPS) is 14.1. The Hall–Kier alpha value is -3.42. The van der Waals surface area contributed by atoms with E-state index in [1.807, 2.05) is 17.7 Å². The van der Waals surface area contributed by atoms with E-state index < -0.39 is 6.29 Å². The zero-order valence-corrected chi connectivity index (χ0v) is 15.2. The van der Waals surface area contributed by atoms with Crippen molar-refractivity contribution in [2.24, 2.45) is 0 Å². The van der Waals surface area contributed by atoms with Gasteiger partial charge in [0.05, 0.1) is 0 Å². The lowest BCUT2D eigenvalue weighted by atomic mass is 10.0. The molecule has 0 bridgehead atoms. The zero-order valence-electron chi connectivity index (χ0n) is 15.2. The molecule has 0 saturated heterocycles. The predicted molar refractivity (Wildman–Crippen MR) is 98.7 cm³/mol. The molecule has 0 aliphatic carbocycles. The van der Waals surface area contributed by atoms with Crippen LogP contribution in [0.3, 0.4) is 0 Å². The number of alkyl halides is 2. The van der Waals surface area contributed by atoms with Crippen LogP contribution < -0.4 is 14.8 Å². The molecule has 1 amide bonds. The number of hydrogen-bond donors (Lipinski definition) is 1. The lowest BCUT2D eigenvalue weighted by molar-refractivity contribution is -0.286. The van der Waals surface area contributed by atoms with Crippen LogP contribution in [0.5, 0.6) is 11.5 Å². The topological polar surface area (TPSA) is 65.4 Å². The number of anilines is 1. The van der Waals surface area contributed by atoms with Crippen LogP contribution in [0.25, 0.3) is 11.1 Å². The standard InChI is InChI=1S/C20H17F2N3O3/c1-3-25-8-4-5-15(25)19(26)24-18-7-6-13(11-23-18)14-10-17-16(9-12(14)2)27-20(21,22)28-17/h4-11H,3H2,1-2H3,(H,23,24,26). The number of carbonyl (C=O) groups is 1. The van der Waals surface area contributed by atoms with Gasteiger partial charge in [0, 0.05) is 24.5 Å². The zero-order chi connectivity index (χ0) is 19.9. The number of fused-ring (bicyclic) bond motifs is 1. The van der Waals surface area contributed by atoms with Crippen LogP contribution in [0.2, 0.25) is 0 Å². The smallest absolute Gasteiger partial charge is 0.395 e. The summed E-state index contributed by atoms with van der Waals surface area (Å²) in [5.74, 6) is 0.112. The quantitative estimate of drug-likeness (QED) is 0.721. The fourth-order valence-corrected chi connectivity index (χ4v) is 3.11. The van der Waals surface area contributed by atoms with Gasteiger partial charge in [-0.15, -0.1) is 8.78 Å². The van der Waals surface area contributed by atoms with E-state index in [-0.39, 0.29) is 17.4 Å². The van der Waals surface area contributed by atoms with Crippen LogP contribution in [-0.4, -0.2) is 21.8 Å². The Morgan fingerprint density at radius 1 is 1.21 bits per heavy atom. The summed E-state index contributed by atoms with van der Waals surface area (Å²) in [6, 6.07) is 9.95. The van der Waals surface area contributed by atoms with Gasteiger partial charge in [-0.05, 0) is 61.4 Å². The van der Waals surface area contributed by atoms with Crippen LogP contribution in [0.1, 0.15) is 23.0 Å². The summed E-state index contributed by atoms with van der Waals surface area (Å²) in [4.78, 5) is 16.6. The van der Waals surface area contributed by atoms with E-state index in [0.29, 0.717) is 29.2 Å². The average Bonchev–Trinajstić information content (AvgIpc) is 3.24. The Labute approximate surface area is 159 Å². The van der Waals surface area contributed by atoms with Crippen molar-refractivity contribution in [2.75, 3.05) is 5.32 Å². The molecule has 0 fully saturated rings. The first kappa shape index (κ1) is 18.0. The van der Waals surface area contributed by atoms with Gasteiger partial charge < -0.3 is 19.4 Å². The van der Waals surface area contributed by atoms with Gasteiger partial charge in [-0.1, -0.05) is 0 Å². The molecule has 0 spiro atoms. The van der Waals surface area contributed by atoms with Gasteiger partial charge >= 0.3 is 6.29 Å². The lowest BCUT2D eigenvalue weighted by Gasteiger charge is -2.10. The third-order valence-electron chi connectivity index (χ3n) is 4.47. The van der Waals surface area contributed by atoms with Gasteiger partial charge in [-0.3, -0.25) is 4.79 Å². The van der Waals surface area contributed by atoms with E-state index in [9.17, 15) is 13.6 Å². The highest BCUT2D eigenvalue weighted by molar-refractivity contribution is 6.02. The summed E-state index contributed by atoms with van der Waals surface area (Å²) in [5.41, 5.74) is 2.67. The third kappa shape index (κ3) is 3.28. The van der Waals surface area contributed by atoms with Gasteiger partial charge in [0.2, 0.25) is 0 Å². The maximum atomic E-state index is 13.2. The largest absolute Gasteiger partial charge is 0.586 e. The van der Waals surface area contributed by atoms with Crippen molar-refractivity contribution in [1.82, 2.24) is 9.55 Å². The molecule has 0 radical (unpaired) electrons. The second-order valence-electron chi connectivity index (χ2n) is 6.35. The molecule has 4 rings (SSSR count). The van der Waals surface area contributed by atoms with Crippen molar-refractivity contribution < 1.29 is 23.0 Å².